The van der Waals surface area contributed by atoms with Crippen LogP contribution < -0.4 is 14.5 Å². The number of piperazine rings is 1. The fourth-order valence-electron chi connectivity index (χ4n) is 3.95. The lowest BCUT2D eigenvalue weighted by molar-refractivity contribution is -0.914. The van der Waals surface area contributed by atoms with Crippen molar-refractivity contribution in [2.75, 3.05) is 37.9 Å². The van der Waals surface area contributed by atoms with Gasteiger partial charge in [0.2, 0.25) is 0 Å². The number of hydrogen-bond acceptors (Lipinski definition) is 6. The quantitative estimate of drug-likeness (QED) is 0.467. The van der Waals surface area contributed by atoms with Gasteiger partial charge in [-0.15, -0.1) is 0 Å². The minimum atomic E-state index is -0.365. The van der Waals surface area contributed by atoms with E-state index in [1.807, 2.05) is 24.3 Å². The molecule has 1 fully saturated rings. The van der Waals surface area contributed by atoms with Crippen LogP contribution in [0.2, 0.25) is 0 Å². The van der Waals surface area contributed by atoms with Gasteiger partial charge < -0.3 is 19.3 Å². The maximum Gasteiger partial charge on any atom is 0.270 e. The molecule has 29 heavy (non-hydrogen) atoms. The molecule has 2 aliphatic heterocycles. The molecule has 0 unspecified atom stereocenters. The number of carbonyl (C=O) groups excluding carboxylic acids is 1. The number of quaternary nitrogens is 1. The highest BCUT2D eigenvalue weighted by molar-refractivity contribution is 5.94. The van der Waals surface area contributed by atoms with Crippen LogP contribution in [0.5, 0.6) is 5.75 Å². The van der Waals surface area contributed by atoms with Gasteiger partial charge in [0, 0.05) is 28.9 Å². The molecule has 0 radical (unpaired) electrons. The molecule has 2 heterocycles. The maximum absolute atomic E-state index is 11.4. The van der Waals surface area contributed by atoms with Gasteiger partial charge in [-0.3, -0.25) is 14.9 Å². The van der Waals surface area contributed by atoms with Gasteiger partial charge in [0.25, 0.3) is 5.69 Å². The zero-order valence-electron chi connectivity index (χ0n) is 16.3. The van der Waals surface area contributed by atoms with E-state index in [0.717, 1.165) is 54.3 Å². The lowest BCUT2D eigenvalue weighted by Gasteiger charge is -2.34. The number of anilines is 1. The van der Waals surface area contributed by atoms with E-state index in [4.69, 9.17) is 9.47 Å². The number of ketones is 1. The second-order valence-corrected chi connectivity index (χ2v) is 7.48. The molecule has 152 valence electrons. The largest absolute Gasteiger partial charge is 0.467 e. The number of hydrogen-bond donors (Lipinski definition) is 1. The fraction of sp³-hybridized carbons (Fsp3) is 0.381. The van der Waals surface area contributed by atoms with Crippen LogP contribution in [-0.4, -0.2) is 43.7 Å². The van der Waals surface area contributed by atoms with Crippen LogP contribution in [0.1, 0.15) is 28.4 Å². The van der Waals surface area contributed by atoms with Crippen molar-refractivity contribution in [1.29, 1.82) is 0 Å². The Bertz CT molecular complexity index is 921. The number of carbonyl (C=O) groups is 1. The third kappa shape index (κ3) is 4.23. The second-order valence-electron chi connectivity index (χ2n) is 7.48. The first-order valence-corrected chi connectivity index (χ1v) is 9.71. The number of nitrogens with one attached hydrogen (secondary N) is 1. The molecule has 2 aliphatic rings. The standard InChI is InChI=1S/C21H23N3O5/c1-15(25)16-2-4-19(5-3-16)23-8-6-22(7-9-23)12-17-10-20(24(26)27)11-18-13-28-14-29-21(17)18/h2-5,10-11H,6-9,12-14H2,1H3/p+1. The molecule has 1 saturated heterocycles. The molecule has 8 heteroatoms. The molecule has 0 amide bonds. The zero-order valence-corrected chi connectivity index (χ0v) is 16.3. The Hall–Kier alpha value is -2.97. The number of Topliss-reactive ketones (excluding diaryl/α,β-unsaturated/α-hetero) is 1. The Morgan fingerprint density at radius 1 is 1.21 bits per heavy atom. The Balaban J connectivity index is 1.44. The summed E-state index contributed by atoms with van der Waals surface area (Å²) < 4.78 is 10.9. The number of benzene rings is 2. The van der Waals surface area contributed by atoms with Crippen LogP contribution in [0.3, 0.4) is 0 Å². The van der Waals surface area contributed by atoms with Crippen LogP contribution >= 0.6 is 0 Å². The predicted molar refractivity (Wildman–Crippen MR) is 106 cm³/mol. The minimum absolute atomic E-state index is 0.0683. The average Bonchev–Trinajstić information content (AvgIpc) is 2.74. The van der Waals surface area contributed by atoms with E-state index in [-0.39, 0.29) is 23.2 Å². The highest BCUT2D eigenvalue weighted by Crippen LogP contribution is 2.32. The Morgan fingerprint density at radius 3 is 2.59 bits per heavy atom. The number of rotatable bonds is 5. The number of nitrogens with zero attached hydrogens (tertiary/aromatic N) is 2. The molecule has 0 saturated carbocycles. The summed E-state index contributed by atoms with van der Waals surface area (Å²) in [5.41, 5.74) is 3.52. The van der Waals surface area contributed by atoms with Gasteiger partial charge in [0.15, 0.2) is 12.6 Å². The van der Waals surface area contributed by atoms with E-state index < -0.39 is 0 Å². The molecule has 0 aliphatic carbocycles. The van der Waals surface area contributed by atoms with Gasteiger partial charge in [-0.05, 0) is 31.2 Å². The van der Waals surface area contributed by atoms with Gasteiger partial charge in [-0.25, -0.2) is 0 Å². The molecule has 0 aromatic heterocycles. The first-order chi connectivity index (χ1) is 14.0. The van der Waals surface area contributed by atoms with E-state index in [9.17, 15) is 14.9 Å². The summed E-state index contributed by atoms with van der Waals surface area (Å²) in [5.74, 6) is 0.801. The molecule has 2 aromatic rings. The molecular weight excluding hydrogens is 374 g/mol. The smallest absolute Gasteiger partial charge is 0.270 e. The zero-order chi connectivity index (χ0) is 20.4. The topological polar surface area (TPSA) is 86.4 Å². The van der Waals surface area contributed by atoms with E-state index >= 15 is 0 Å². The van der Waals surface area contributed by atoms with Crippen molar-refractivity contribution < 1.29 is 24.1 Å². The molecule has 1 N–H and O–H groups in total. The lowest BCUT2D eigenvalue weighted by Crippen LogP contribution is -3.13. The summed E-state index contributed by atoms with van der Waals surface area (Å²) in [7, 11) is 0. The van der Waals surface area contributed by atoms with E-state index in [0.29, 0.717) is 13.2 Å². The van der Waals surface area contributed by atoms with Crippen LogP contribution in [0.15, 0.2) is 36.4 Å². The molecular formula is C21H24N3O5+. The Kier molecular flexibility index (Phi) is 5.46. The summed E-state index contributed by atoms with van der Waals surface area (Å²) in [5, 5.41) is 11.3. The van der Waals surface area contributed by atoms with Crippen LogP contribution in [0.25, 0.3) is 0 Å². The third-order valence-electron chi connectivity index (χ3n) is 5.53. The highest BCUT2D eigenvalue weighted by atomic mass is 16.7. The number of nitro benzene ring substituents is 1. The SMILES string of the molecule is CC(=O)c1ccc(N2CC[NH+](Cc3cc([N+](=O)[O-])cc4c3OCOC4)CC2)cc1. The van der Waals surface area contributed by atoms with Crippen molar-refractivity contribution >= 4 is 17.2 Å². The van der Waals surface area contributed by atoms with E-state index in [2.05, 4.69) is 4.90 Å². The van der Waals surface area contributed by atoms with Crippen molar-refractivity contribution in [2.45, 2.75) is 20.1 Å². The maximum atomic E-state index is 11.4. The summed E-state index contributed by atoms with van der Waals surface area (Å²) in [6, 6.07) is 10.9. The number of nitro groups is 1. The average molecular weight is 398 g/mol. The van der Waals surface area contributed by atoms with Crippen molar-refractivity contribution in [3.8, 4) is 5.75 Å². The third-order valence-corrected chi connectivity index (χ3v) is 5.53. The van der Waals surface area contributed by atoms with Crippen LogP contribution in [-0.2, 0) is 17.9 Å². The molecule has 0 bridgehead atoms. The van der Waals surface area contributed by atoms with E-state index in [1.54, 1.807) is 13.0 Å². The van der Waals surface area contributed by atoms with Crippen molar-refractivity contribution in [1.82, 2.24) is 0 Å². The molecule has 0 spiro atoms. The summed E-state index contributed by atoms with van der Waals surface area (Å²) in [6.45, 7) is 6.37. The van der Waals surface area contributed by atoms with Gasteiger partial charge in [-0.1, -0.05) is 0 Å². The monoisotopic (exact) mass is 398 g/mol. The number of fused-ring (bicyclic) bond motifs is 1. The fourth-order valence-corrected chi connectivity index (χ4v) is 3.95. The first-order valence-electron chi connectivity index (χ1n) is 9.71. The van der Waals surface area contributed by atoms with Crippen LogP contribution in [0.4, 0.5) is 11.4 Å². The Morgan fingerprint density at radius 2 is 1.93 bits per heavy atom. The van der Waals surface area contributed by atoms with Gasteiger partial charge in [0.1, 0.15) is 12.3 Å². The summed E-state index contributed by atoms with van der Waals surface area (Å²) in [6.07, 6.45) is 0. The summed E-state index contributed by atoms with van der Waals surface area (Å²) in [4.78, 5) is 26.0. The number of ether oxygens (including phenoxy) is 2. The van der Waals surface area contributed by atoms with Crippen LogP contribution in [0, 0.1) is 10.1 Å². The van der Waals surface area contributed by atoms with E-state index in [1.165, 1.54) is 11.0 Å². The van der Waals surface area contributed by atoms with Crippen molar-refractivity contribution in [3.63, 3.8) is 0 Å². The predicted octanol–water partition coefficient (Wildman–Crippen LogP) is 1.57. The van der Waals surface area contributed by atoms with Gasteiger partial charge in [-0.2, -0.15) is 0 Å². The first kappa shape index (κ1) is 19.4. The molecule has 4 rings (SSSR count). The second kappa shape index (κ2) is 8.18. The molecule has 8 nitrogen and oxygen atoms in total. The molecule has 2 aromatic carbocycles. The molecule has 0 atom stereocenters. The lowest BCUT2D eigenvalue weighted by atomic mass is 10.1. The van der Waals surface area contributed by atoms with Gasteiger partial charge in [0.05, 0.1) is 43.3 Å². The van der Waals surface area contributed by atoms with Crippen molar-refractivity contribution in [3.05, 3.63) is 63.2 Å². The normalized spacial score (nSPS) is 16.8. The van der Waals surface area contributed by atoms with Crippen molar-refractivity contribution in [2.24, 2.45) is 0 Å². The summed E-state index contributed by atoms with van der Waals surface area (Å²) >= 11 is 0. The Labute approximate surface area is 168 Å². The highest BCUT2D eigenvalue weighted by Gasteiger charge is 2.26. The van der Waals surface area contributed by atoms with Gasteiger partial charge >= 0.3 is 0 Å². The minimum Gasteiger partial charge on any atom is -0.467 e. The number of non-ortho nitro benzene ring substituents is 1.